The molecular weight excluding hydrogens is 308 g/mol. The quantitative estimate of drug-likeness (QED) is 0.505. The largest absolute Gasteiger partial charge is 0.497 e. The van der Waals surface area contributed by atoms with Gasteiger partial charge in [0.25, 0.3) is 0 Å². The van der Waals surface area contributed by atoms with Gasteiger partial charge >= 0.3 is 0 Å². The average molecular weight is 331 g/mol. The molecule has 0 aliphatic carbocycles. The number of alkyl halides is 1. The summed E-state index contributed by atoms with van der Waals surface area (Å²) in [6.07, 6.45) is 1.09. The van der Waals surface area contributed by atoms with Crippen molar-refractivity contribution in [2.45, 2.75) is 25.6 Å². The van der Waals surface area contributed by atoms with Gasteiger partial charge in [0.1, 0.15) is 18.1 Å². The Balaban J connectivity index is 2.35. The summed E-state index contributed by atoms with van der Waals surface area (Å²) < 4.78 is 16.5. The van der Waals surface area contributed by atoms with E-state index in [-0.39, 0.29) is 0 Å². The molecule has 1 aromatic rings. The van der Waals surface area contributed by atoms with E-state index in [2.05, 4.69) is 29.8 Å². The molecule has 0 heterocycles. The molecule has 108 valence electrons. The Morgan fingerprint density at radius 3 is 2.58 bits per heavy atom. The molecule has 1 rings (SSSR count). The molecule has 0 radical (unpaired) electrons. The molecule has 0 fully saturated rings. The van der Waals surface area contributed by atoms with Crippen molar-refractivity contribution in [3.8, 4) is 11.5 Å². The molecule has 4 heteroatoms. The maximum absolute atomic E-state index is 5.74. The highest BCUT2D eigenvalue weighted by atomic mass is 79.9. The Kier molecular flexibility index (Phi) is 7.91. The molecule has 19 heavy (non-hydrogen) atoms. The zero-order valence-corrected chi connectivity index (χ0v) is 13.5. The van der Waals surface area contributed by atoms with Gasteiger partial charge in [-0.05, 0) is 18.4 Å². The monoisotopic (exact) mass is 330 g/mol. The lowest BCUT2D eigenvalue weighted by Gasteiger charge is -2.12. The third-order valence-corrected chi connectivity index (χ3v) is 3.35. The van der Waals surface area contributed by atoms with E-state index >= 15 is 0 Å². The molecule has 1 aromatic carbocycles. The van der Waals surface area contributed by atoms with Gasteiger partial charge in [-0.15, -0.1) is 0 Å². The summed E-state index contributed by atoms with van der Waals surface area (Å²) in [5, 5.41) is 0.764. The number of halogens is 1. The summed E-state index contributed by atoms with van der Waals surface area (Å²) >= 11 is 3.45. The molecule has 0 saturated heterocycles. The lowest BCUT2D eigenvalue weighted by Crippen LogP contribution is -2.09. The molecule has 0 saturated carbocycles. The summed E-state index contributed by atoms with van der Waals surface area (Å²) in [4.78, 5) is 0. The van der Waals surface area contributed by atoms with E-state index in [4.69, 9.17) is 14.2 Å². The Morgan fingerprint density at radius 1 is 1.16 bits per heavy atom. The number of rotatable bonds is 9. The zero-order chi connectivity index (χ0) is 14.1. The second-order valence-corrected chi connectivity index (χ2v) is 5.31. The fourth-order valence-electron chi connectivity index (χ4n) is 1.54. The number of hydrogen-bond donors (Lipinski definition) is 0. The van der Waals surface area contributed by atoms with E-state index in [0.29, 0.717) is 19.1 Å². The predicted molar refractivity (Wildman–Crippen MR) is 81.4 cm³/mol. The van der Waals surface area contributed by atoms with Crippen molar-refractivity contribution >= 4 is 15.9 Å². The van der Waals surface area contributed by atoms with E-state index in [1.165, 1.54) is 0 Å². The van der Waals surface area contributed by atoms with Crippen molar-refractivity contribution in [2.24, 2.45) is 5.92 Å². The Hall–Kier alpha value is -0.740. The highest BCUT2D eigenvalue weighted by Gasteiger charge is 2.05. The van der Waals surface area contributed by atoms with E-state index in [1.807, 2.05) is 18.2 Å². The lowest BCUT2D eigenvalue weighted by molar-refractivity contribution is 0.0923. The van der Waals surface area contributed by atoms with Crippen LogP contribution in [0.5, 0.6) is 11.5 Å². The van der Waals surface area contributed by atoms with Crippen molar-refractivity contribution in [1.29, 1.82) is 0 Å². The molecule has 0 spiro atoms. The fourth-order valence-corrected chi connectivity index (χ4v) is 2.00. The Morgan fingerprint density at radius 2 is 1.95 bits per heavy atom. The van der Waals surface area contributed by atoms with Gasteiger partial charge in [0.05, 0.1) is 13.7 Å². The van der Waals surface area contributed by atoms with Gasteiger partial charge in [-0.3, -0.25) is 0 Å². The van der Waals surface area contributed by atoms with Crippen LogP contribution in [-0.2, 0) is 10.1 Å². The van der Waals surface area contributed by atoms with E-state index in [0.717, 1.165) is 35.4 Å². The maximum atomic E-state index is 5.74. The van der Waals surface area contributed by atoms with Crippen LogP contribution in [0.1, 0.15) is 25.8 Å². The van der Waals surface area contributed by atoms with Crippen LogP contribution in [0.15, 0.2) is 18.2 Å². The van der Waals surface area contributed by atoms with Crippen LogP contribution in [0, 0.1) is 5.92 Å². The van der Waals surface area contributed by atoms with E-state index in [1.54, 1.807) is 7.11 Å². The van der Waals surface area contributed by atoms with Crippen molar-refractivity contribution in [3.05, 3.63) is 23.8 Å². The van der Waals surface area contributed by atoms with Gasteiger partial charge in [0.2, 0.25) is 0 Å². The molecule has 0 aliphatic rings. The summed E-state index contributed by atoms with van der Waals surface area (Å²) in [6, 6.07) is 5.84. The molecule has 0 aliphatic heterocycles. The first kappa shape index (κ1) is 16.3. The van der Waals surface area contributed by atoms with Gasteiger partial charge in [-0.2, -0.15) is 0 Å². The third kappa shape index (κ3) is 6.30. The number of ether oxygens (including phenoxy) is 3. The minimum absolute atomic E-state index is 0.561. The van der Waals surface area contributed by atoms with Crippen LogP contribution >= 0.6 is 15.9 Å². The molecule has 0 bridgehead atoms. The number of methoxy groups -OCH3 is 1. The second kappa shape index (κ2) is 9.21. The molecule has 0 amide bonds. The number of hydrogen-bond acceptors (Lipinski definition) is 3. The van der Waals surface area contributed by atoms with Gasteiger partial charge < -0.3 is 14.2 Å². The van der Waals surface area contributed by atoms with Crippen LogP contribution in [-0.4, -0.2) is 26.9 Å². The van der Waals surface area contributed by atoms with Crippen LogP contribution in [0.2, 0.25) is 0 Å². The van der Waals surface area contributed by atoms with Gasteiger partial charge in [-0.25, -0.2) is 0 Å². The first-order valence-electron chi connectivity index (χ1n) is 6.60. The summed E-state index contributed by atoms with van der Waals surface area (Å²) in [6.45, 7) is 6.36. The fraction of sp³-hybridized carbons (Fsp3) is 0.600. The molecule has 0 atom stereocenters. The maximum Gasteiger partial charge on any atom is 0.127 e. The van der Waals surface area contributed by atoms with E-state index in [9.17, 15) is 0 Å². The first-order valence-corrected chi connectivity index (χ1v) is 7.73. The van der Waals surface area contributed by atoms with Crippen LogP contribution in [0.4, 0.5) is 0 Å². The Bertz CT molecular complexity index is 366. The van der Waals surface area contributed by atoms with E-state index < -0.39 is 0 Å². The second-order valence-electron chi connectivity index (χ2n) is 4.75. The molecule has 0 unspecified atom stereocenters. The molecule has 3 nitrogen and oxygen atoms in total. The summed E-state index contributed by atoms with van der Waals surface area (Å²) in [5.41, 5.74) is 1.11. The molecule has 0 aromatic heterocycles. The zero-order valence-electron chi connectivity index (χ0n) is 11.9. The SMILES string of the molecule is COc1ccc(CBr)c(OCCOCCC(C)C)c1. The minimum atomic E-state index is 0.561. The molecule has 0 N–H and O–H groups in total. The standard InChI is InChI=1S/C15H23BrO3/c1-12(2)6-7-18-8-9-19-15-10-14(17-3)5-4-13(15)11-16/h4-5,10,12H,6-9,11H2,1-3H3. The van der Waals surface area contributed by atoms with Gasteiger partial charge in [0, 0.05) is 23.6 Å². The minimum Gasteiger partial charge on any atom is -0.497 e. The van der Waals surface area contributed by atoms with Crippen molar-refractivity contribution in [3.63, 3.8) is 0 Å². The summed E-state index contributed by atoms with van der Waals surface area (Å²) in [7, 11) is 1.65. The summed E-state index contributed by atoms with van der Waals surface area (Å²) in [5.74, 6) is 2.34. The van der Waals surface area contributed by atoms with Crippen LogP contribution < -0.4 is 9.47 Å². The lowest BCUT2D eigenvalue weighted by atomic mass is 10.1. The molecular formula is C15H23BrO3. The van der Waals surface area contributed by atoms with Crippen molar-refractivity contribution in [1.82, 2.24) is 0 Å². The number of benzene rings is 1. The smallest absolute Gasteiger partial charge is 0.127 e. The van der Waals surface area contributed by atoms with Crippen molar-refractivity contribution in [2.75, 3.05) is 26.9 Å². The van der Waals surface area contributed by atoms with Gasteiger partial charge in [0.15, 0.2) is 0 Å². The van der Waals surface area contributed by atoms with Gasteiger partial charge in [-0.1, -0.05) is 35.8 Å². The highest BCUT2D eigenvalue weighted by Crippen LogP contribution is 2.26. The Labute approximate surface area is 124 Å². The predicted octanol–water partition coefficient (Wildman–Crippen LogP) is 4.03. The van der Waals surface area contributed by atoms with Crippen LogP contribution in [0.25, 0.3) is 0 Å². The van der Waals surface area contributed by atoms with Crippen LogP contribution in [0.3, 0.4) is 0 Å². The normalized spacial score (nSPS) is 10.8. The average Bonchev–Trinajstić information content (AvgIpc) is 2.42. The third-order valence-electron chi connectivity index (χ3n) is 2.74. The topological polar surface area (TPSA) is 27.7 Å². The first-order chi connectivity index (χ1) is 9.17. The van der Waals surface area contributed by atoms with Crippen molar-refractivity contribution < 1.29 is 14.2 Å². The highest BCUT2D eigenvalue weighted by molar-refractivity contribution is 9.08.